The van der Waals surface area contributed by atoms with Crippen molar-refractivity contribution in [1.29, 1.82) is 0 Å². The summed E-state index contributed by atoms with van der Waals surface area (Å²) in [7, 11) is 1.55. The van der Waals surface area contributed by atoms with E-state index in [0.29, 0.717) is 26.2 Å². The SMILES string of the molecule is COCC(=O)N1CCc2[nH]cnc2C12CCN(C(=O)CN1CCC(C)CC1)CC2. The summed E-state index contributed by atoms with van der Waals surface area (Å²) in [5, 5.41) is 0. The highest BCUT2D eigenvalue weighted by molar-refractivity contribution is 5.80. The number of nitrogens with zero attached hydrogens (tertiary/aromatic N) is 4. The summed E-state index contributed by atoms with van der Waals surface area (Å²) >= 11 is 0. The average molecular weight is 404 g/mol. The molecule has 4 rings (SSSR count). The number of amides is 2. The Morgan fingerprint density at radius 3 is 2.59 bits per heavy atom. The molecule has 2 saturated heterocycles. The molecule has 3 aliphatic heterocycles. The third-order valence-electron chi connectivity index (χ3n) is 7.01. The van der Waals surface area contributed by atoms with Crippen LogP contribution in [0, 0.1) is 5.92 Å². The first kappa shape index (κ1) is 20.3. The maximum absolute atomic E-state index is 12.9. The second-order valence-corrected chi connectivity index (χ2v) is 8.83. The first-order valence-corrected chi connectivity index (χ1v) is 10.9. The number of aromatic amines is 1. The first-order valence-electron chi connectivity index (χ1n) is 10.9. The van der Waals surface area contributed by atoms with Gasteiger partial charge in [0.25, 0.3) is 0 Å². The molecule has 0 radical (unpaired) electrons. The Bertz CT molecular complexity index is 732. The molecule has 8 heteroatoms. The summed E-state index contributed by atoms with van der Waals surface area (Å²) in [5.74, 6) is 0.978. The fraction of sp³-hybridized carbons (Fsp3) is 0.762. The molecule has 2 fully saturated rings. The molecule has 3 aliphatic rings. The first-order chi connectivity index (χ1) is 14.0. The number of hydrogen-bond donors (Lipinski definition) is 1. The van der Waals surface area contributed by atoms with Crippen LogP contribution in [0.4, 0.5) is 0 Å². The van der Waals surface area contributed by atoms with Crippen LogP contribution in [0.3, 0.4) is 0 Å². The van der Waals surface area contributed by atoms with Gasteiger partial charge in [0, 0.05) is 38.9 Å². The van der Waals surface area contributed by atoms with Crippen molar-refractivity contribution >= 4 is 11.8 Å². The van der Waals surface area contributed by atoms with Gasteiger partial charge >= 0.3 is 0 Å². The van der Waals surface area contributed by atoms with E-state index < -0.39 is 5.54 Å². The molecule has 29 heavy (non-hydrogen) atoms. The molecule has 8 nitrogen and oxygen atoms in total. The van der Waals surface area contributed by atoms with Gasteiger partial charge < -0.3 is 19.5 Å². The van der Waals surface area contributed by atoms with E-state index in [1.807, 2.05) is 9.80 Å². The number of aromatic nitrogens is 2. The van der Waals surface area contributed by atoms with Crippen LogP contribution in [-0.2, 0) is 26.3 Å². The summed E-state index contributed by atoms with van der Waals surface area (Å²) in [5.41, 5.74) is 1.67. The molecular weight excluding hydrogens is 370 g/mol. The third-order valence-corrected chi connectivity index (χ3v) is 7.01. The van der Waals surface area contributed by atoms with Crippen molar-refractivity contribution in [3.05, 3.63) is 17.7 Å². The number of piperidine rings is 2. The molecule has 1 N–H and O–H groups in total. The number of methoxy groups -OCH3 is 1. The summed E-state index contributed by atoms with van der Waals surface area (Å²) in [6, 6.07) is 0. The number of carbonyl (C=O) groups is 2. The van der Waals surface area contributed by atoms with Gasteiger partial charge in [-0.25, -0.2) is 4.98 Å². The lowest BCUT2D eigenvalue weighted by Crippen LogP contribution is -2.60. The second kappa shape index (κ2) is 8.44. The van der Waals surface area contributed by atoms with E-state index in [1.54, 1.807) is 13.4 Å². The number of imidazole rings is 1. The topological polar surface area (TPSA) is 81.8 Å². The molecule has 1 spiro atoms. The van der Waals surface area contributed by atoms with E-state index in [2.05, 4.69) is 21.8 Å². The predicted molar refractivity (Wildman–Crippen MR) is 108 cm³/mol. The van der Waals surface area contributed by atoms with Crippen molar-refractivity contribution in [2.75, 3.05) is 53.0 Å². The average Bonchev–Trinajstić information content (AvgIpc) is 3.21. The second-order valence-electron chi connectivity index (χ2n) is 8.83. The summed E-state index contributed by atoms with van der Waals surface area (Å²) in [6.45, 7) is 6.89. The van der Waals surface area contributed by atoms with Gasteiger partial charge in [0.15, 0.2) is 0 Å². The Hall–Kier alpha value is -1.93. The van der Waals surface area contributed by atoms with Crippen molar-refractivity contribution in [2.45, 2.75) is 44.6 Å². The highest BCUT2D eigenvalue weighted by Crippen LogP contribution is 2.42. The van der Waals surface area contributed by atoms with Crippen molar-refractivity contribution < 1.29 is 14.3 Å². The number of carbonyl (C=O) groups excluding carboxylic acids is 2. The quantitative estimate of drug-likeness (QED) is 0.811. The monoisotopic (exact) mass is 403 g/mol. The van der Waals surface area contributed by atoms with E-state index in [1.165, 1.54) is 12.8 Å². The molecule has 4 heterocycles. The van der Waals surface area contributed by atoms with E-state index in [9.17, 15) is 9.59 Å². The maximum Gasteiger partial charge on any atom is 0.249 e. The van der Waals surface area contributed by atoms with Crippen LogP contribution in [0.15, 0.2) is 6.33 Å². The number of rotatable bonds is 4. The fourth-order valence-corrected chi connectivity index (χ4v) is 5.19. The Morgan fingerprint density at radius 1 is 1.17 bits per heavy atom. The van der Waals surface area contributed by atoms with E-state index in [4.69, 9.17) is 4.74 Å². The fourth-order valence-electron chi connectivity index (χ4n) is 5.19. The smallest absolute Gasteiger partial charge is 0.249 e. The van der Waals surface area contributed by atoms with Crippen LogP contribution in [0.2, 0.25) is 0 Å². The van der Waals surface area contributed by atoms with E-state index in [0.717, 1.165) is 49.7 Å². The Balaban J connectivity index is 1.44. The van der Waals surface area contributed by atoms with Crippen LogP contribution in [-0.4, -0.2) is 89.5 Å². The number of fused-ring (bicyclic) bond motifs is 2. The minimum Gasteiger partial charge on any atom is -0.375 e. The van der Waals surface area contributed by atoms with Crippen LogP contribution < -0.4 is 0 Å². The molecule has 1 aromatic rings. The lowest BCUT2D eigenvalue weighted by molar-refractivity contribution is -0.148. The van der Waals surface area contributed by atoms with Gasteiger partial charge in [-0.05, 0) is 44.7 Å². The molecule has 0 aromatic carbocycles. The number of ether oxygens (including phenoxy) is 1. The minimum atomic E-state index is -0.430. The van der Waals surface area contributed by atoms with Gasteiger partial charge in [-0.3, -0.25) is 14.5 Å². The molecule has 0 unspecified atom stereocenters. The van der Waals surface area contributed by atoms with E-state index >= 15 is 0 Å². The van der Waals surface area contributed by atoms with Gasteiger partial charge in [0.2, 0.25) is 11.8 Å². The zero-order valence-corrected chi connectivity index (χ0v) is 17.7. The zero-order chi connectivity index (χ0) is 20.4. The van der Waals surface area contributed by atoms with Gasteiger partial charge in [0.1, 0.15) is 6.61 Å². The molecule has 0 bridgehead atoms. The van der Waals surface area contributed by atoms with Crippen LogP contribution in [0.25, 0.3) is 0 Å². The van der Waals surface area contributed by atoms with Crippen molar-refractivity contribution in [2.24, 2.45) is 5.92 Å². The number of likely N-dealkylation sites (tertiary alicyclic amines) is 2. The molecule has 1 aromatic heterocycles. The Labute approximate surface area is 172 Å². The number of hydrogen-bond acceptors (Lipinski definition) is 5. The molecule has 0 aliphatic carbocycles. The van der Waals surface area contributed by atoms with E-state index in [-0.39, 0.29) is 18.4 Å². The third kappa shape index (κ3) is 3.92. The lowest BCUT2D eigenvalue weighted by atomic mass is 9.78. The van der Waals surface area contributed by atoms with Gasteiger partial charge in [-0.15, -0.1) is 0 Å². The predicted octanol–water partition coefficient (Wildman–Crippen LogP) is 0.990. The molecule has 160 valence electrons. The largest absolute Gasteiger partial charge is 0.375 e. The Kier molecular flexibility index (Phi) is 5.92. The normalized spacial score (nSPS) is 22.7. The summed E-state index contributed by atoms with van der Waals surface area (Å²) in [4.78, 5) is 39.7. The van der Waals surface area contributed by atoms with Gasteiger partial charge in [-0.2, -0.15) is 0 Å². The Morgan fingerprint density at radius 2 is 1.90 bits per heavy atom. The highest BCUT2D eigenvalue weighted by atomic mass is 16.5. The van der Waals surface area contributed by atoms with Crippen LogP contribution in [0.5, 0.6) is 0 Å². The molecular formula is C21H33N5O3. The number of nitrogens with one attached hydrogen (secondary N) is 1. The molecule has 0 atom stereocenters. The van der Waals surface area contributed by atoms with Crippen molar-refractivity contribution in [3.63, 3.8) is 0 Å². The molecule has 2 amide bonds. The maximum atomic E-state index is 12.9. The zero-order valence-electron chi connectivity index (χ0n) is 17.7. The van der Waals surface area contributed by atoms with Gasteiger partial charge in [0.05, 0.1) is 24.1 Å². The lowest BCUT2D eigenvalue weighted by Gasteiger charge is -2.50. The number of H-pyrrole nitrogens is 1. The van der Waals surface area contributed by atoms with Crippen molar-refractivity contribution in [3.8, 4) is 0 Å². The molecule has 0 saturated carbocycles. The highest BCUT2D eigenvalue weighted by Gasteiger charge is 2.49. The van der Waals surface area contributed by atoms with Crippen LogP contribution in [0.1, 0.15) is 44.0 Å². The minimum absolute atomic E-state index is 0.00311. The van der Waals surface area contributed by atoms with Crippen LogP contribution >= 0.6 is 0 Å². The van der Waals surface area contributed by atoms with Crippen molar-refractivity contribution in [1.82, 2.24) is 24.7 Å². The van der Waals surface area contributed by atoms with Gasteiger partial charge in [-0.1, -0.05) is 6.92 Å². The summed E-state index contributed by atoms with van der Waals surface area (Å²) < 4.78 is 5.12. The summed E-state index contributed by atoms with van der Waals surface area (Å²) in [6.07, 6.45) is 6.31. The standard InChI is InChI=1S/C21H33N5O3/c1-16-3-8-24(9-4-16)13-18(27)25-11-6-21(7-12-25)20-17(22-15-23-20)5-10-26(21)19(28)14-29-2/h15-16H,3-14H2,1-2H3,(H,22,23).